The average molecular weight is 335 g/mol. The van der Waals surface area contributed by atoms with Crippen LogP contribution in [0, 0.1) is 28.1 Å². The normalized spacial score (nSPS) is 45.1. The zero-order chi connectivity index (χ0) is 11.8. The first-order valence-corrected chi connectivity index (χ1v) is 8.04. The van der Waals surface area contributed by atoms with Crippen molar-refractivity contribution < 1.29 is 0 Å². The Morgan fingerprint density at radius 3 is 2.81 bits per heavy atom. The molecule has 0 aromatic carbocycles. The highest BCUT2D eigenvalue weighted by molar-refractivity contribution is 14.1. The molecule has 2 aliphatic rings. The third kappa shape index (κ3) is 1.93. The van der Waals surface area contributed by atoms with Gasteiger partial charge in [0.2, 0.25) is 0 Å². The van der Waals surface area contributed by atoms with Gasteiger partial charge in [0.15, 0.2) is 0 Å². The smallest absolute Gasteiger partial charge is 0.0953 e. The molecule has 0 aromatic heterocycles. The van der Waals surface area contributed by atoms with E-state index < -0.39 is 0 Å². The van der Waals surface area contributed by atoms with Crippen LogP contribution in [0.4, 0.5) is 0 Å². The van der Waals surface area contributed by atoms with Crippen LogP contribution >= 0.6 is 22.6 Å². The maximum atomic E-state index is 10.9. The molecule has 5 atom stereocenters. The lowest BCUT2D eigenvalue weighted by atomic mass is 9.61. The Morgan fingerprint density at radius 2 is 2.19 bits per heavy atom. The lowest BCUT2D eigenvalue weighted by molar-refractivity contribution is 0.0628. The number of rotatable bonds is 3. The summed E-state index contributed by atoms with van der Waals surface area (Å²) in [6.07, 6.45) is 6.11. The molecule has 0 aromatic rings. The summed E-state index contributed by atoms with van der Waals surface area (Å²) in [5.74, 6) is 2.19. The summed E-state index contributed by atoms with van der Waals surface area (Å²) in [6, 6.07) is 0.116. The van der Waals surface area contributed by atoms with E-state index in [0.29, 0.717) is 11.3 Å². The minimum atomic E-state index is 0.116. The molecule has 3 heteroatoms. The van der Waals surface area contributed by atoms with E-state index in [1.807, 2.05) is 0 Å². The molecule has 3 unspecified atom stereocenters. The van der Waals surface area contributed by atoms with Crippen LogP contribution in [0.2, 0.25) is 0 Å². The summed E-state index contributed by atoms with van der Waals surface area (Å²) < 4.78 is 1.24. The number of nitrogens with zero attached hydrogens (tertiary/aromatic N) is 1. The third-order valence-corrected chi connectivity index (χ3v) is 6.62. The molecule has 0 radical (unpaired) electrons. The summed E-state index contributed by atoms with van der Waals surface area (Å²) in [6.45, 7) is 4.80. The first-order valence-electron chi connectivity index (χ1n) is 6.52. The van der Waals surface area contributed by atoms with Crippen LogP contribution < -0.4 is 0 Å². The predicted octanol–water partition coefficient (Wildman–Crippen LogP) is 4.41. The van der Waals surface area contributed by atoms with Gasteiger partial charge >= 0.3 is 0 Å². The maximum absolute atomic E-state index is 10.9. The molecule has 0 heterocycles. The van der Waals surface area contributed by atoms with Crippen LogP contribution in [-0.4, -0.2) is 10.5 Å². The molecule has 16 heavy (non-hydrogen) atoms. The number of nitroso groups, excluding NO2 is 1. The van der Waals surface area contributed by atoms with E-state index in [2.05, 4.69) is 41.6 Å². The summed E-state index contributed by atoms with van der Waals surface area (Å²) >= 11 is 2.50. The van der Waals surface area contributed by atoms with Crippen LogP contribution in [0.25, 0.3) is 0 Å². The van der Waals surface area contributed by atoms with Crippen molar-refractivity contribution in [2.75, 3.05) is 4.43 Å². The van der Waals surface area contributed by atoms with Crippen molar-refractivity contribution in [2.24, 2.45) is 28.3 Å². The number of alkyl halides is 1. The topological polar surface area (TPSA) is 29.4 Å². The number of hydrogen-bond acceptors (Lipinski definition) is 2. The zero-order valence-electron chi connectivity index (χ0n) is 10.3. The van der Waals surface area contributed by atoms with Crippen molar-refractivity contribution in [2.45, 2.75) is 52.0 Å². The number of fused-ring (bicyclic) bond motifs is 1. The quantitative estimate of drug-likeness (QED) is 0.427. The average Bonchev–Trinajstić information content (AvgIpc) is 2.64. The second-order valence-electron chi connectivity index (χ2n) is 5.99. The Kier molecular flexibility index (Phi) is 3.92. The molecule has 0 N–H and O–H groups in total. The Labute approximate surface area is 112 Å². The van der Waals surface area contributed by atoms with E-state index in [9.17, 15) is 4.91 Å². The molecule has 0 spiro atoms. The molecular weight excluding hydrogens is 313 g/mol. The molecule has 0 amide bonds. The standard InChI is InChI=1S/C13H22INO/c1-9(8-14)10-5-6-11-12(15-16)4-3-7-13(10,11)2/h9-12H,3-8H2,1-2H3/t9-,10?,11+,12?,13?/m1/s1. The highest BCUT2D eigenvalue weighted by atomic mass is 127. The van der Waals surface area contributed by atoms with Gasteiger partial charge in [-0.05, 0) is 48.9 Å². The van der Waals surface area contributed by atoms with Gasteiger partial charge < -0.3 is 0 Å². The molecule has 0 saturated heterocycles. The molecule has 2 aliphatic carbocycles. The van der Waals surface area contributed by atoms with Gasteiger partial charge in [-0.15, -0.1) is 0 Å². The van der Waals surface area contributed by atoms with Gasteiger partial charge in [-0.1, -0.05) is 48.0 Å². The second kappa shape index (κ2) is 4.91. The van der Waals surface area contributed by atoms with E-state index >= 15 is 0 Å². The Hall–Kier alpha value is 0.330. The molecule has 0 bridgehead atoms. The molecule has 92 valence electrons. The van der Waals surface area contributed by atoms with Gasteiger partial charge in [-0.25, -0.2) is 0 Å². The number of hydrogen-bond donors (Lipinski definition) is 0. The second-order valence-corrected chi connectivity index (χ2v) is 6.87. The van der Waals surface area contributed by atoms with Crippen molar-refractivity contribution in [3.05, 3.63) is 4.91 Å². The predicted molar refractivity (Wildman–Crippen MR) is 75.8 cm³/mol. The third-order valence-electron chi connectivity index (χ3n) is 5.23. The van der Waals surface area contributed by atoms with Gasteiger partial charge in [0.05, 0.1) is 6.04 Å². The Morgan fingerprint density at radius 1 is 1.44 bits per heavy atom. The van der Waals surface area contributed by atoms with Crippen LogP contribution in [0.5, 0.6) is 0 Å². The monoisotopic (exact) mass is 335 g/mol. The van der Waals surface area contributed by atoms with E-state index in [-0.39, 0.29) is 6.04 Å². The summed E-state index contributed by atoms with van der Waals surface area (Å²) in [5.41, 5.74) is 0.404. The SMILES string of the molecule is C[C@H](CI)C1CC[C@H]2C(N=O)CCCC12C. The minimum absolute atomic E-state index is 0.116. The van der Waals surface area contributed by atoms with Gasteiger partial charge in [-0.3, -0.25) is 0 Å². The Bertz CT molecular complexity index is 271. The largest absolute Gasteiger partial charge is 0.151 e. The molecular formula is C13H22INO. The van der Waals surface area contributed by atoms with Gasteiger partial charge in [0.25, 0.3) is 0 Å². The van der Waals surface area contributed by atoms with Gasteiger partial charge in [0.1, 0.15) is 0 Å². The van der Waals surface area contributed by atoms with E-state index in [1.54, 1.807) is 0 Å². The van der Waals surface area contributed by atoms with E-state index in [4.69, 9.17) is 0 Å². The first kappa shape index (κ1) is 12.8. The molecule has 2 rings (SSSR count). The Balaban J connectivity index is 2.20. The lowest BCUT2D eigenvalue weighted by Gasteiger charge is -2.44. The van der Waals surface area contributed by atoms with Crippen LogP contribution in [0.3, 0.4) is 0 Å². The maximum Gasteiger partial charge on any atom is 0.0953 e. The highest BCUT2D eigenvalue weighted by Crippen LogP contribution is 2.58. The summed E-state index contributed by atoms with van der Waals surface area (Å²) in [5, 5.41) is 3.40. The number of halogens is 1. The van der Waals surface area contributed by atoms with Crippen molar-refractivity contribution in [3.63, 3.8) is 0 Å². The van der Waals surface area contributed by atoms with Crippen molar-refractivity contribution in [1.82, 2.24) is 0 Å². The van der Waals surface area contributed by atoms with Crippen LogP contribution in [0.15, 0.2) is 5.18 Å². The van der Waals surface area contributed by atoms with Gasteiger partial charge in [0, 0.05) is 4.43 Å². The van der Waals surface area contributed by atoms with Crippen LogP contribution in [-0.2, 0) is 0 Å². The fraction of sp³-hybridized carbons (Fsp3) is 1.00. The van der Waals surface area contributed by atoms with Crippen molar-refractivity contribution in [1.29, 1.82) is 0 Å². The summed E-state index contributed by atoms with van der Waals surface area (Å²) in [7, 11) is 0. The zero-order valence-corrected chi connectivity index (χ0v) is 12.4. The minimum Gasteiger partial charge on any atom is -0.151 e. The fourth-order valence-electron chi connectivity index (χ4n) is 4.36. The summed E-state index contributed by atoms with van der Waals surface area (Å²) in [4.78, 5) is 10.9. The molecule has 2 saturated carbocycles. The van der Waals surface area contributed by atoms with E-state index in [0.717, 1.165) is 18.3 Å². The highest BCUT2D eigenvalue weighted by Gasteiger charge is 2.52. The fourth-order valence-corrected chi connectivity index (χ4v) is 4.97. The molecule has 2 nitrogen and oxygen atoms in total. The van der Waals surface area contributed by atoms with Crippen LogP contribution in [0.1, 0.15) is 46.0 Å². The first-order chi connectivity index (χ1) is 7.63. The van der Waals surface area contributed by atoms with E-state index in [1.165, 1.54) is 30.1 Å². The van der Waals surface area contributed by atoms with Gasteiger partial charge in [-0.2, -0.15) is 4.91 Å². The van der Waals surface area contributed by atoms with Crippen molar-refractivity contribution >= 4 is 22.6 Å². The van der Waals surface area contributed by atoms with Crippen molar-refractivity contribution in [3.8, 4) is 0 Å². The molecule has 2 fully saturated rings. The lowest BCUT2D eigenvalue weighted by Crippen LogP contribution is -2.40. The molecule has 0 aliphatic heterocycles.